The highest BCUT2D eigenvalue weighted by molar-refractivity contribution is 7.85. The third kappa shape index (κ3) is 6.11. The zero-order chi connectivity index (χ0) is 18.9. The molecule has 0 radical (unpaired) electrons. The minimum absolute atomic E-state index is 0.331. The fraction of sp³-hybridized carbons (Fsp3) is 0.667. The van der Waals surface area contributed by atoms with Crippen LogP contribution >= 0.6 is 0 Å². The van der Waals surface area contributed by atoms with Crippen LogP contribution in [-0.2, 0) is 10.8 Å². The molecule has 1 saturated carbocycles. The second-order valence-electron chi connectivity index (χ2n) is 7.51. The molecule has 1 aliphatic carbocycles. The van der Waals surface area contributed by atoms with Gasteiger partial charge in [-0.25, -0.2) is 0 Å². The molecule has 26 heavy (non-hydrogen) atoms. The molecule has 1 aromatic carbocycles. The van der Waals surface area contributed by atoms with Gasteiger partial charge in [0.2, 0.25) is 0 Å². The van der Waals surface area contributed by atoms with E-state index in [9.17, 15) is 4.21 Å². The minimum atomic E-state index is -0.693. The molecule has 0 heterocycles. The average molecular weight is 378 g/mol. The maximum Gasteiger partial charge on any atom is 0.191 e. The van der Waals surface area contributed by atoms with E-state index in [1.165, 1.54) is 5.56 Å². The number of guanidine groups is 1. The topological polar surface area (TPSA) is 53.5 Å². The molecule has 4 unspecified atom stereocenters. The van der Waals surface area contributed by atoms with Crippen LogP contribution in [0.1, 0.15) is 57.9 Å². The highest BCUT2D eigenvalue weighted by atomic mass is 32.2. The Balaban J connectivity index is 1.91. The van der Waals surface area contributed by atoms with Gasteiger partial charge in [-0.2, -0.15) is 0 Å². The first kappa shape index (κ1) is 20.9. The van der Waals surface area contributed by atoms with Crippen LogP contribution in [0.15, 0.2) is 35.3 Å². The van der Waals surface area contributed by atoms with Crippen molar-refractivity contribution >= 4 is 16.8 Å². The molecule has 0 saturated heterocycles. The normalized spacial score (nSPS) is 23.5. The van der Waals surface area contributed by atoms with Gasteiger partial charge in [0.25, 0.3) is 0 Å². The van der Waals surface area contributed by atoms with Crippen molar-refractivity contribution in [2.75, 3.05) is 19.3 Å². The fourth-order valence-corrected chi connectivity index (χ4v) is 5.13. The molecule has 0 bridgehead atoms. The van der Waals surface area contributed by atoms with Gasteiger partial charge in [-0.05, 0) is 30.7 Å². The van der Waals surface area contributed by atoms with Crippen LogP contribution in [-0.4, -0.2) is 40.8 Å². The van der Waals surface area contributed by atoms with E-state index in [0.717, 1.165) is 43.9 Å². The van der Waals surface area contributed by atoms with E-state index in [-0.39, 0.29) is 0 Å². The summed E-state index contributed by atoms with van der Waals surface area (Å²) in [7, 11) is 1.13. The van der Waals surface area contributed by atoms with Gasteiger partial charge in [0.05, 0.1) is 0 Å². The van der Waals surface area contributed by atoms with Gasteiger partial charge in [0.1, 0.15) is 0 Å². The summed E-state index contributed by atoms with van der Waals surface area (Å²) in [6, 6.07) is 11.0. The Morgan fingerprint density at radius 2 is 2.00 bits per heavy atom. The monoisotopic (exact) mass is 377 g/mol. The highest BCUT2D eigenvalue weighted by Gasteiger charge is 2.26. The van der Waals surface area contributed by atoms with E-state index in [0.29, 0.717) is 23.1 Å². The Morgan fingerprint density at radius 3 is 2.62 bits per heavy atom. The smallest absolute Gasteiger partial charge is 0.191 e. The Bertz CT molecular complexity index is 588. The molecule has 0 amide bonds. The Labute approximate surface area is 161 Å². The van der Waals surface area contributed by atoms with Crippen LogP contribution in [0, 0.1) is 5.92 Å². The summed E-state index contributed by atoms with van der Waals surface area (Å²) in [5.74, 6) is 2.62. The van der Waals surface area contributed by atoms with Crippen LogP contribution < -0.4 is 10.6 Å². The van der Waals surface area contributed by atoms with Crippen LogP contribution in [0.4, 0.5) is 0 Å². The third-order valence-corrected chi connectivity index (χ3v) is 7.11. The Kier molecular flexibility index (Phi) is 8.63. The van der Waals surface area contributed by atoms with E-state index in [1.54, 1.807) is 0 Å². The first-order valence-electron chi connectivity index (χ1n) is 9.94. The number of benzene rings is 1. The molecule has 1 aliphatic rings. The van der Waals surface area contributed by atoms with Gasteiger partial charge in [-0.1, -0.05) is 57.5 Å². The Morgan fingerprint density at radius 1 is 1.27 bits per heavy atom. The number of nitrogens with zero attached hydrogens (tertiary/aromatic N) is 1. The van der Waals surface area contributed by atoms with Crippen molar-refractivity contribution in [3.05, 3.63) is 35.9 Å². The molecule has 146 valence electrons. The van der Waals surface area contributed by atoms with Crippen LogP contribution in [0.25, 0.3) is 0 Å². The Hall–Kier alpha value is -1.36. The van der Waals surface area contributed by atoms with E-state index in [1.807, 2.05) is 14.0 Å². The summed E-state index contributed by atoms with van der Waals surface area (Å²) >= 11 is 0. The zero-order valence-corrected chi connectivity index (χ0v) is 17.5. The van der Waals surface area contributed by atoms with Crippen molar-refractivity contribution in [1.29, 1.82) is 0 Å². The summed E-state index contributed by atoms with van der Waals surface area (Å²) < 4.78 is 12.2. The van der Waals surface area contributed by atoms with Gasteiger partial charge in [0.15, 0.2) is 5.96 Å². The maximum atomic E-state index is 12.2. The van der Waals surface area contributed by atoms with Gasteiger partial charge in [-0.15, -0.1) is 0 Å². The predicted octanol–water partition coefficient (Wildman–Crippen LogP) is 3.67. The van der Waals surface area contributed by atoms with Crippen molar-refractivity contribution in [2.24, 2.45) is 10.9 Å². The van der Waals surface area contributed by atoms with Crippen molar-refractivity contribution in [1.82, 2.24) is 10.6 Å². The summed E-state index contributed by atoms with van der Waals surface area (Å²) in [5, 5.41) is 7.41. The quantitative estimate of drug-likeness (QED) is 0.563. The lowest BCUT2D eigenvalue weighted by atomic mass is 9.88. The predicted molar refractivity (Wildman–Crippen MR) is 113 cm³/mol. The number of aliphatic imine (C=N–C) groups is 1. The fourth-order valence-electron chi connectivity index (χ4n) is 3.78. The second-order valence-corrected chi connectivity index (χ2v) is 9.52. The highest BCUT2D eigenvalue weighted by Crippen LogP contribution is 2.24. The standard InChI is InChI=1S/C21H35N3OS/c1-5-26(25)19-13-9-12-18(14-19)24-21(22-4)23-15-20(16(2)3)17-10-7-6-8-11-17/h6-8,10-11,16,18-20H,5,9,12-15H2,1-4H3,(H2,22,23,24). The number of hydrogen-bond donors (Lipinski definition) is 2. The zero-order valence-electron chi connectivity index (χ0n) is 16.7. The SMILES string of the molecule is CCS(=O)C1CCCC(NC(=NC)NCC(c2ccccc2)C(C)C)C1. The molecular formula is C21H35N3OS. The molecular weight excluding hydrogens is 342 g/mol. The largest absolute Gasteiger partial charge is 0.356 e. The molecule has 0 aliphatic heterocycles. The van der Waals surface area contributed by atoms with Crippen LogP contribution in [0.3, 0.4) is 0 Å². The van der Waals surface area contributed by atoms with Gasteiger partial charge < -0.3 is 10.6 Å². The lowest BCUT2D eigenvalue weighted by molar-refractivity contribution is 0.411. The van der Waals surface area contributed by atoms with Gasteiger partial charge in [-0.3, -0.25) is 9.20 Å². The molecule has 0 aromatic heterocycles. The second kappa shape index (κ2) is 10.7. The molecule has 2 N–H and O–H groups in total. The molecule has 2 rings (SSSR count). The van der Waals surface area contributed by atoms with Crippen molar-refractivity contribution in [2.45, 2.75) is 63.7 Å². The molecule has 0 spiro atoms. The van der Waals surface area contributed by atoms with Crippen molar-refractivity contribution in [3.63, 3.8) is 0 Å². The third-order valence-electron chi connectivity index (χ3n) is 5.37. The molecule has 1 aromatic rings. The van der Waals surface area contributed by atoms with Crippen molar-refractivity contribution in [3.8, 4) is 0 Å². The minimum Gasteiger partial charge on any atom is -0.356 e. The van der Waals surface area contributed by atoms with Crippen LogP contribution in [0.2, 0.25) is 0 Å². The first-order chi connectivity index (χ1) is 12.5. The van der Waals surface area contributed by atoms with E-state index < -0.39 is 10.8 Å². The lowest BCUT2D eigenvalue weighted by Gasteiger charge is -2.31. The van der Waals surface area contributed by atoms with E-state index in [4.69, 9.17) is 0 Å². The molecule has 4 atom stereocenters. The van der Waals surface area contributed by atoms with Gasteiger partial charge >= 0.3 is 0 Å². The summed E-state index contributed by atoms with van der Waals surface area (Å²) in [5.41, 5.74) is 1.36. The maximum absolute atomic E-state index is 12.2. The van der Waals surface area contributed by atoms with Crippen molar-refractivity contribution < 1.29 is 4.21 Å². The summed E-state index contributed by atoms with van der Waals surface area (Å²) in [4.78, 5) is 4.42. The number of nitrogens with one attached hydrogen (secondary N) is 2. The lowest BCUT2D eigenvalue weighted by Crippen LogP contribution is -2.47. The van der Waals surface area contributed by atoms with E-state index >= 15 is 0 Å². The summed E-state index contributed by atoms with van der Waals surface area (Å²) in [6.45, 7) is 7.41. The first-order valence-corrected chi connectivity index (χ1v) is 11.3. The number of rotatable bonds is 7. The number of hydrogen-bond acceptors (Lipinski definition) is 2. The molecule has 5 heteroatoms. The molecule has 1 fully saturated rings. The van der Waals surface area contributed by atoms with Gasteiger partial charge in [0, 0.05) is 47.4 Å². The van der Waals surface area contributed by atoms with E-state index in [2.05, 4.69) is 59.8 Å². The average Bonchev–Trinajstić information content (AvgIpc) is 2.67. The molecule has 4 nitrogen and oxygen atoms in total. The van der Waals surface area contributed by atoms with Crippen LogP contribution in [0.5, 0.6) is 0 Å². The summed E-state index contributed by atoms with van der Waals surface area (Å²) in [6.07, 6.45) is 4.34.